The minimum atomic E-state index is -1.11. The molecule has 2 spiro atoms. The van der Waals surface area contributed by atoms with E-state index in [4.69, 9.17) is 9.97 Å². The molecule has 6 aromatic rings. The zero-order valence-corrected chi connectivity index (χ0v) is 28.8. The Hall–Kier alpha value is -4.73. The van der Waals surface area contributed by atoms with Gasteiger partial charge in [-0.1, -0.05) is 112 Å². The number of nitrogens with zero attached hydrogens (tertiary/aromatic N) is 10. The molecule has 0 aliphatic carbocycles. The second-order valence-corrected chi connectivity index (χ2v) is 16.4. The van der Waals surface area contributed by atoms with Gasteiger partial charge in [-0.2, -0.15) is 28.2 Å². The summed E-state index contributed by atoms with van der Waals surface area (Å²) in [6.45, 7) is 0. The summed E-state index contributed by atoms with van der Waals surface area (Å²) in [5.41, 5.74) is 0. The summed E-state index contributed by atoms with van der Waals surface area (Å²) < 4.78 is 19.3. The molecule has 16 bridgehead atoms. The molecule has 0 N–H and O–H groups in total. The fourth-order valence-corrected chi connectivity index (χ4v) is 12.5. The molecule has 5 aliphatic heterocycles. The number of fused-ring (bicyclic) bond motifs is 16. The monoisotopic (exact) mass is 664 g/mol. The average molecular weight is 664 g/mol. The van der Waals surface area contributed by atoms with Gasteiger partial charge >= 0.3 is 12.8 Å². The van der Waals surface area contributed by atoms with Crippen molar-refractivity contribution in [3.8, 4) is 23.3 Å². The van der Waals surface area contributed by atoms with Crippen molar-refractivity contribution < 1.29 is 17.9 Å². The van der Waals surface area contributed by atoms with Crippen molar-refractivity contribution in [3.05, 3.63) is 111 Å². The topological polar surface area (TPSA) is 61.0 Å². The predicted octanol–water partition coefficient (Wildman–Crippen LogP) is 5.00. The minimum Gasteiger partial charge on any atom is -0.393 e. The van der Waals surface area contributed by atoms with Gasteiger partial charge in [0.1, 0.15) is 24.8 Å². The number of imidazole rings is 4. The van der Waals surface area contributed by atoms with Crippen LogP contribution in [0.2, 0.25) is 23.3 Å². The summed E-state index contributed by atoms with van der Waals surface area (Å²) in [4.78, 5) is 10.6. The van der Waals surface area contributed by atoms with Crippen LogP contribution in [0, 0.1) is 0 Å². The quantitative estimate of drug-likeness (QED) is 0.215. The van der Waals surface area contributed by atoms with E-state index >= 15 is 0 Å². The standard InChI is InChI=1S/C38H46B2N10/c1-7-31-9-2-10-32(8-1)39(31)47-23-19-43(27-47)35-15-5-17-37(41-35)45-21-25-49(29-45)40(33-11-3-12-34(40)14-4-13-33)50-26-22-46(30-50)38-18-6-16-36(42-38)44-20-24-48(39)28-44/h5-6,15-34H,1-4,7-14H2/q+2. The van der Waals surface area contributed by atoms with E-state index in [1.165, 1.54) is 77.0 Å². The van der Waals surface area contributed by atoms with Gasteiger partial charge in [0, 0.05) is 24.3 Å². The smallest absolute Gasteiger partial charge is 0.386 e. The highest BCUT2D eigenvalue weighted by Gasteiger charge is 2.58. The molecule has 5 aliphatic rings. The minimum absolute atomic E-state index is 0.625. The van der Waals surface area contributed by atoms with E-state index in [2.05, 4.69) is 147 Å². The van der Waals surface area contributed by atoms with E-state index in [0.717, 1.165) is 23.3 Å². The molecule has 0 unspecified atom stereocenters. The van der Waals surface area contributed by atoms with Crippen LogP contribution in [0.1, 0.15) is 77.0 Å². The molecule has 6 aromatic heterocycles. The SMILES string of the molecule is c1cc2nc(c1)-n1cc[n+](c1)[B-]1(C3CCCC1CCC3)[n+]1ccn(c1)-c1cccc(n1)-n1cc[n+](c1)[B-]1(C3CCCC1CCC3)[n+]1ccn-2c1. The number of pyridine rings is 2. The second kappa shape index (κ2) is 10.9. The van der Waals surface area contributed by atoms with E-state index in [9.17, 15) is 0 Å². The van der Waals surface area contributed by atoms with Crippen LogP contribution in [0.25, 0.3) is 23.3 Å². The molecule has 4 saturated heterocycles. The Morgan fingerprint density at radius 2 is 0.680 bits per heavy atom. The van der Waals surface area contributed by atoms with Gasteiger partial charge in [-0.15, -0.1) is 0 Å². The maximum absolute atomic E-state index is 5.30. The Labute approximate surface area is 293 Å². The fraction of sp³-hybridized carbons (Fsp3) is 0.421. The Bertz CT molecular complexity index is 1910. The maximum atomic E-state index is 5.30. The van der Waals surface area contributed by atoms with Crippen molar-refractivity contribution in [1.82, 2.24) is 28.2 Å². The van der Waals surface area contributed by atoms with E-state index in [-0.39, 0.29) is 0 Å². The second-order valence-electron chi connectivity index (χ2n) is 16.4. The number of rotatable bonds is 0. The largest absolute Gasteiger partial charge is 0.393 e. The molecule has 11 rings (SSSR count). The first-order valence-corrected chi connectivity index (χ1v) is 19.4. The van der Waals surface area contributed by atoms with Crippen molar-refractivity contribution in [3.63, 3.8) is 0 Å². The van der Waals surface area contributed by atoms with E-state index in [1.807, 2.05) is 0 Å². The van der Waals surface area contributed by atoms with Gasteiger partial charge in [0.15, 0.2) is 0 Å². The molecular formula is C38H46B2N10+2. The van der Waals surface area contributed by atoms with Gasteiger partial charge in [-0.3, -0.25) is 0 Å². The fourth-order valence-electron chi connectivity index (χ4n) is 12.5. The third kappa shape index (κ3) is 3.99. The van der Waals surface area contributed by atoms with Crippen LogP contribution >= 0.6 is 0 Å². The Morgan fingerprint density at radius 3 is 0.940 bits per heavy atom. The molecule has 0 atom stereocenters. The van der Waals surface area contributed by atoms with E-state index in [1.54, 1.807) is 0 Å². The molecule has 4 fully saturated rings. The summed E-state index contributed by atoms with van der Waals surface area (Å²) in [5, 5.41) is 0. The Kier molecular flexibility index (Phi) is 6.32. The van der Waals surface area contributed by atoms with Gasteiger partial charge in [0.05, 0.1) is 24.8 Å². The molecule has 0 radical (unpaired) electrons. The average Bonchev–Trinajstić information content (AvgIpc) is 3.98. The third-order valence-electron chi connectivity index (χ3n) is 14.4. The zero-order valence-electron chi connectivity index (χ0n) is 28.8. The first kappa shape index (κ1) is 29.0. The maximum Gasteiger partial charge on any atom is 0.386 e. The van der Waals surface area contributed by atoms with Crippen LogP contribution in [-0.4, -0.2) is 41.1 Å². The molecule has 0 amide bonds. The van der Waals surface area contributed by atoms with Crippen molar-refractivity contribution in [2.75, 3.05) is 0 Å². The van der Waals surface area contributed by atoms with Crippen LogP contribution in [0.5, 0.6) is 0 Å². The normalized spacial score (nSPS) is 29.6. The zero-order chi connectivity index (χ0) is 32.9. The van der Waals surface area contributed by atoms with Crippen molar-refractivity contribution in [2.24, 2.45) is 0 Å². The van der Waals surface area contributed by atoms with E-state index in [0.29, 0.717) is 23.3 Å². The summed E-state index contributed by atoms with van der Waals surface area (Å²) in [5.74, 6) is 6.31. The lowest BCUT2D eigenvalue weighted by atomic mass is 9.24. The van der Waals surface area contributed by atoms with Gasteiger partial charge in [-0.05, 0) is 0 Å². The summed E-state index contributed by atoms with van der Waals surface area (Å²) in [6.07, 6.45) is 40.9. The molecule has 50 heavy (non-hydrogen) atoms. The van der Waals surface area contributed by atoms with Crippen LogP contribution in [0.3, 0.4) is 0 Å². The van der Waals surface area contributed by atoms with Gasteiger partial charge in [0.2, 0.25) is 48.6 Å². The van der Waals surface area contributed by atoms with Crippen LogP contribution < -0.4 is 17.9 Å². The highest BCUT2D eigenvalue weighted by molar-refractivity contribution is 6.67. The lowest BCUT2D eigenvalue weighted by molar-refractivity contribution is -0.695. The summed E-state index contributed by atoms with van der Waals surface area (Å²) >= 11 is 0. The molecule has 252 valence electrons. The summed E-state index contributed by atoms with van der Waals surface area (Å²) in [6, 6.07) is 12.9. The highest BCUT2D eigenvalue weighted by Crippen LogP contribution is 2.51. The first-order valence-electron chi connectivity index (χ1n) is 19.4. The number of hydrogen-bond acceptors (Lipinski definition) is 2. The predicted molar refractivity (Wildman–Crippen MR) is 190 cm³/mol. The Morgan fingerprint density at radius 1 is 0.420 bits per heavy atom. The molecule has 0 aromatic carbocycles. The molecule has 11 heterocycles. The van der Waals surface area contributed by atoms with E-state index < -0.39 is 12.8 Å². The highest BCUT2D eigenvalue weighted by atomic mass is 15.3. The van der Waals surface area contributed by atoms with Gasteiger partial charge in [0.25, 0.3) is 0 Å². The van der Waals surface area contributed by atoms with Gasteiger partial charge < -0.3 is 17.9 Å². The lowest BCUT2D eigenvalue weighted by Gasteiger charge is -2.52. The molecular weight excluding hydrogens is 618 g/mol. The summed E-state index contributed by atoms with van der Waals surface area (Å²) in [7, 11) is 0. The first-order chi connectivity index (χ1) is 24.7. The molecule has 12 heteroatoms. The van der Waals surface area contributed by atoms with Crippen molar-refractivity contribution >= 4 is 12.8 Å². The molecule has 10 nitrogen and oxygen atoms in total. The number of hydrogen-bond donors (Lipinski definition) is 0. The Balaban J connectivity index is 1.14. The van der Waals surface area contributed by atoms with Crippen LogP contribution in [-0.2, 0) is 0 Å². The van der Waals surface area contributed by atoms with Crippen molar-refractivity contribution in [2.45, 2.75) is 100 Å². The van der Waals surface area contributed by atoms with Gasteiger partial charge in [-0.25, -0.2) is 0 Å². The van der Waals surface area contributed by atoms with Crippen LogP contribution in [0.15, 0.2) is 111 Å². The third-order valence-corrected chi connectivity index (χ3v) is 14.4. The molecule has 0 saturated carbocycles. The van der Waals surface area contributed by atoms with Crippen molar-refractivity contribution in [1.29, 1.82) is 0 Å². The lowest BCUT2D eigenvalue weighted by Crippen LogP contribution is -2.86. The number of aromatic nitrogens is 10. The van der Waals surface area contributed by atoms with Crippen LogP contribution in [0.4, 0.5) is 0 Å².